The lowest BCUT2D eigenvalue weighted by atomic mass is 10.1. The lowest BCUT2D eigenvalue weighted by Crippen LogP contribution is -2.16. The fraction of sp³-hybridized carbons (Fsp3) is 0.217. The standard InChI is InChI=1S/C23H22O6/c1-16-7-6-8-17(2)23(16)29-15-22(25)28-13-19-11-20(24)21(14-26-19)27-12-18-9-4-3-5-10-18/h3-11,14H,12-13,15H2,1-2H3. The van der Waals surface area contributed by atoms with Gasteiger partial charge in [-0.3, -0.25) is 4.79 Å². The molecule has 0 fully saturated rings. The van der Waals surface area contributed by atoms with E-state index in [-0.39, 0.29) is 36.8 Å². The maximum absolute atomic E-state index is 12.1. The van der Waals surface area contributed by atoms with Crippen molar-refractivity contribution in [2.24, 2.45) is 0 Å². The third kappa shape index (κ3) is 5.72. The molecular weight excluding hydrogens is 372 g/mol. The van der Waals surface area contributed by atoms with Crippen molar-refractivity contribution in [3.63, 3.8) is 0 Å². The van der Waals surface area contributed by atoms with Crippen molar-refractivity contribution >= 4 is 5.97 Å². The molecule has 29 heavy (non-hydrogen) atoms. The average Bonchev–Trinajstić information content (AvgIpc) is 2.72. The molecule has 0 saturated heterocycles. The van der Waals surface area contributed by atoms with E-state index >= 15 is 0 Å². The number of hydrogen-bond acceptors (Lipinski definition) is 6. The molecule has 0 radical (unpaired) electrons. The van der Waals surface area contributed by atoms with E-state index in [0.717, 1.165) is 16.7 Å². The van der Waals surface area contributed by atoms with E-state index < -0.39 is 5.97 Å². The van der Waals surface area contributed by atoms with Crippen LogP contribution in [0.5, 0.6) is 11.5 Å². The van der Waals surface area contributed by atoms with Crippen LogP contribution in [-0.4, -0.2) is 12.6 Å². The third-order valence-corrected chi connectivity index (χ3v) is 4.21. The van der Waals surface area contributed by atoms with Crippen molar-refractivity contribution in [1.82, 2.24) is 0 Å². The summed E-state index contributed by atoms with van der Waals surface area (Å²) in [4.78, 5) is 24.1. The Morgan fingerprint density at radius 2 is 1.66 bits per heavy atom. The largest absolute Gasteiger partial charge is 0.482 e. The molecule has 3 aromatic rings. The van der Waals surface area contributed by atoms with Crippen LogP contribution in [0.3, 0.4) is 0 Å². The monoisotopic (exact) mass is 394 g/mol. The lowest BCUT2D eigenvalue weighted by Gasteiger charge is -2.11. The highest BCUT2D eigenvalue weighted by Crippen LogP contribution is 2.22. The Hall–Kier alpha value is -3.54. The fourth-order valence-electron chi connectivity index (χ4n) is 2.71. The van der Waals surface area contributed by atoms with Crippen LogP contribution < -0.4 is 14.9 Å². The van der Waals surface area contributed by atoms with Gasteiger partial charge in [0.1, 0.15) is 31.0 Å². The zero-order chi connectivity index (χ0) is 20.6. The van der Waals surface area contributed by atoms with Crippen LogP contribution in [0.2, 0.25) is 0 Å². The first-order valence-corrected chi connectivity index (χ1v) is 9.16. The summed E-state index contributed by atoms with van der Waals surface area (Å²) >= 11 is 0. The van der Waals surface area contributed by atoms with E-state index in [1.807, 2.05) is 62.4 Å². The number of hydrogen-bond donors (Lipinski definition) is 0. The second-order valence-corrected chi connectivity index (χ2v) is 6.52. The number of para-hydroxylation sites is 1. The number of carbonyl (C=O) groups excluding carboxylic acids is 1. The first-order chi connectivity index (χ1) is 14.0. The van der Waals surface area contributed by atoms with E-state index in [1.165, 1.54) is 12.3 Å². The minimum atomic E-state index is -0.556. The molecule has 6 heteroatoms. The molecular formula is C23H22O6. The molecule has 0 N–H and O–H groups in total. The summed E-state index contributed by atoms with van der Waals surface area (Å²) in [6, 6.07) is 16.5. The topological polar surface area (TPSA) is 75.0 Å². The Morgan fingerprint density at radius 3 is 2.34 bits per heavy atom. The van der Waals surface area contributed by atoms with E-state index in [0.29, 0.717) is 5.75 Å². The molecule has 0 aliphatic carbocycles. The maximum atomic E-state index is 12.1. The minimum absolute atomic E-state index is 0.0993. The average molecular weight is 394 g/mol. The summed E-state index contributed by atoms with van der Waals surface area (Å²) in [6.45, 7) is 3.68. The Balaban J connectivity index is 1.49. The van der Waals surface area contributed by atoms with Crippen molar-refractivity contribution in [3.05, 3.63) is 93.5 Å². The normalized spacial score (nSPS) is 10.4. The summed E-state index contributed by atoms with van der Waals surface area (Å²) in [5, 5.41) is 0. The third-order valence-electron chi connectivity index (χ3n) is 4.21. The van der Waals surface area contributed by atoms with Crippen LogP contribution in [0, 0.1) is 13.8 Å². The van der Waals surface area contributed by atoms with Crippen LogP contribution >= 0.6 is 0 Å². The zero-order valence-corrected chi connectivity index (χ0v) is 16.3. The highest BCUT2D eigenvalue weighted by molar-refractivity contribution is 5.71. The van der Waals surface area contributed by atoms with E-state index in [1.54, 1.807) is 0 Å². The predicted octanol–water partition coefficient (Wildman–Crippen LogP) is 3.96. The molecule has 2 aromatic carbocycles. The summed E-state index contributed by atoms with van der Waals surface area (Å²) in [7, 11) is 0. The van der Waals surface area contributed by atoms with Crippen LogP contribution in [0.25, 0.3) is 0 Å². The molecule has 0 atom stereocenters. The van der Waals surface area contributed by atoms with Gasteiger partial charge in [0.05, 0.1) is 0 Å². The predicted molar refractivity (Wildman–Crippen MR) is 107 cm³/mol. The van der Waals surface area contributed by atoms with Gasteiger partial charge < -0.3 is 18.6 Å². The van der Waals surface area contributed by atoms with Crippen molar-refractivity contribution in [1.29, 1.82) is 0 Å². The van der Waals surface area contributed by atoms with Gasteiger partial charge in [0.25, 0.3) is 0 Å². The molecule has 3 rings (SSSR count). The smallest absolute Gasteiger partial charge is 0.344 e. The molecule has 0 aliphatic heterocycles. The zero-order valence-electron chi connectivity index (χ0n) is 16.3. The number of esters is 1. The molecule has 0 aliphatic rings. The molecule has 0 spiro atoms. The quantitative estimate of drug-likeness (QED) is 0.539. The van der Waals surface area contributed by atoms with Crippen molar-refractivity contribution in [2.75, 3.05) is 6.61 Å². The van der Waals surface area contributed by atoms with E-state index in [4.69, 9.17) is 18.6 Å². The van der Waals surface area contributed by atoms with Gasteiger partial charge in [0.2, 0.25) is 11.2 Å². The fourth-order valence-corrected chi connectivity index (χ4v) is 2.71. The van der Waals surface area contributed by atoms with Crippen molar-refractivity contribution in [2.45, 2.75) is 27.1 Å². The van der Waals surface area contributed by atoms with Gasteiger partial charge in [-0.1, -0.05) is 48.5 Å². The number of rotatable bonds is 8. The molecule has 0 saturated carbocycles. The van der Waals surface area contributed by atoms with Gasteiger partial charge >= 0.3 is 5.97 Å². The second-order valence-electron chi connectivity index (χ2n) is 6.52. The van der Waals surface area contributed by atoms with E-state index in [9.17, 15) is 9.59 Å². The number of benzene rings is 2. The van der Waals surface area contributed by atoms with Crippen LogP contribution in [0.4, 0.5) is 0 Å². The first-order valence-electron chi connectivity index (χ1n) is 9.16. The number of ether oxygens (including phenoxy) is 3. The number of aryl methyl sites for hydroxylation is 2. The summed E-state index contributed by atoms with van der Waals surface area (Å²) in [5.41, 5.74) is 2.48. The summed E-state index contributed by atoms with van der Waals surface area (Å²) in [5.74, 6) is 0.431. The molecule has 150 valence electrons. The molecule has 0 unspecified atom stereocenters. The van der Waals surface area contributed by atoms with Gasteiger partial charge in [-0.05, 0) is 30.5 Å². The van der Waals surface area contributed by atoms with Gasteiger partial charge in [-0.15, -0.1) is 0 Å². The van der Waals surface area contributed by atoms with Crippen LogP contribution in [0.15, 0.2) is 70.1 Å². The Bertz CT molecular complexity index is 1000. The lowest BCUT2D eigenvalue weighted by molar-refractivity contribution is -0.147. The Labute approximate surface area is 168 Å². The number of carbonyl (C=O) groups is 1. The minimum Gasteiger partial charge on any atom is -0.482 e. The van der Waals surface area contributed by atoms with E-state index in [2.05, 4.69) is 0 Å². The molecule has 1 heterocycles. The van der Waals surface area contributed by atoms with Crippen molar-refractivity contribution < 1.29 is 23.4 Å². The summed E-state index contributed by atoms with van der Waals surface area (Å²) < 4.78 is 21.5. The summed E-state index contributed by atoms with van der Waals surface area (Å²) in [6.07, 6.45) is 1.22. The van der Waals surface area contributed by atoms with Crippen molar-refractivity contribution in [3.8, 4) is 11.5 Å². The Morgan fingerprint density at radius 1 is 0.931 bits per heavy atom. The van der Waals surface area contributed by atoms with Gasteiger partial charge in [0, 0.05) is 6.07 Å². The molecule has 0 amide bonds. The van der Waals surface area contributed by atoms with Gasteiger partial charge in [0.15, 0.2) is 6.61 Å². The molecule has 6 nitrogen and oxygen atoms in total. The first kappa shape index (κ1) is 20.2. The SMILES string of the molecule is Cc1cccc(C)c1OCC(=O)OCc1cc(=O)c(OCc2ccccc2)co1. The van der Waals surface area contributed by atoms with Gasteiger partial charge in [-0.25, -0.2) is 4.79 Å². The van der Waals surface area contributed by atoms with Crippen LogP contribution in [-0.2, 0) is 22.7 Å². The molecule has 0 bridgehead atoms. The van der Waals surface area contributed by atoms with Gasteiger partial charge in [-0.2, -0.15) is 0 Å². The highest BCUT2D eigenvalue weighted by atomic mass is 16.6. The Kier molecular flexibility index (Phi) is 6.68. The second kappa shape index (κ2) is 9.59. The maximum Gasteiger partial charge on any atom is 0.344 e. The highest BCUT2D eigenvalue weighted by Gasteiger charge is 2.11. The van der Waals surface area contributed by atoms with Crippen LogP contribution in [0.1, 0.15) is 22.5 Å². The molecule has 1 aromatic heterocycles.